The number of tetrazole rings is 1. The monoisotopic (exact) mass is 339 g/mol. The van der Waals surface area contributed by atoms with Gasteiger partial charge in [0.2, 0.25) is 5.95 Å². The van der Waals surface area contributed by atoms with E-state index in [-0.39, 0.29) is 12.1 Å². The highest BCUT2D eigenvalue weighted by atomic mass is 35.5. The van der Waals surface area contributed by atoms with Gasteiger partial charge in [-0.05, 0) is 52.1 Å². The first-order chi connectivity index (χ1) is 11.7. The summed E-state index contributed by atoms with van der Waals surface area (Å²) in [6.45, 7) is 2.17. The number of aromatic nitrogens is 4. The molecule has 0 bridgehead atoms. The Labute approximate surface area is 145 Å². The summed E-state index contributed by atoms with van der Waals surface area (Å²) in [4.78, 5) is 0. The minimum absolute atomic E-state index is 0.0874. The average molecular weight is 340 g/mol. The third-order valence-electron chi connectivity index (χ3n) is 4.60. The number of hydrogen-bond donors (Lipinski definition) is 1. The summed E-state index contributed by atoms with van der Waals surface area (Å²) in [5.41, 5.74) is 3.75. The van der Waals surface area contributed by atoms with Crippen LogP contribution in [0.3, 0.4) is 0 Å². The lowest BCUT2D eigenvalue weighted by Gasteiger charge is -2.31. The molecule has 0 radical (unpaired) electrons. The number of aryl methyl sites for hydroxylation is 1. The fraction of sp³-hybridized carbons (Fsp3) is 0.278. The zero-order valence-electron chi connectivity index (χ0n) is 13.4. The number of anilines is 1. The maximum absolute atomic E-state index is 6.02. The van der Waals surface area contributed by atoms with Crippen LogP contribution >= 0.6 is 11.6 Å². The minimum Gasteiger partial charge on any atom is -0.346 e. The van der Waals surface area contributed by atoms with Gasteiger partial charge in [0.1, 0.15) is 0 Å². The van der Waals surface area contributed by atoms with Gasteiger partial charge >= 0.3 is 0 Å². The zero-order chi connectivity index (χ0) is 16.5. The number of benzene rings is 2. The van der Waals surface area contributed by atoms with E-state index in [1.54, 1.807) is 0 Å². The molecule has 0 amide bonds. The average Bonchev–Trinajstić information content (AvgIpc) is 3.10. The largest absolute Gasteiger partial charge is 0.346 e. The number of fused-ring (bicyclic) bond motifs is 1. The molecule has 0 fully saturated rings. The summed E-state index contributed by atoms with van der Waals surface area (Å²) >= 11 is 6.02. The van der Waals surface area contributed by atoms with Crippen molar-refractivity contribution in [1.29, 1.82) is 0 Å². The zero-order valence-corrected chi connectivity index (χ0v) is 14.1. The number of nitrogens with zero attached hydrogens (tertiary/aromatic N) is 4. The smallest absolute Gasteiger partial charge is 0.243 e. The van der Waals surface area contributed by atoms with Crippen molar-refractivity contribution in [2.45, 2.75) is 31.8 Å². The van der Waals surface area contributed by atoms with Crippen molar-refractivity contribution in [2.75, 3.05) is 5.32 Å². The highest BCUT2D eigenvalue weighted by molar-refractivity contribution is 6.30. The Kier molecular flexibility index (Phi) is 3.94. The molecule has 1 aromatic heterocycles. The highest BCUT2D eigenvalue weighted by Crippen LogP contribution is 2.37. The van der Waals surface area contributed by atoms with Crippen LogP contribution in [0.15, 0.2) is 48.5 Å². The van der Waals surface area contributed by atoms with Gasteiger partial charge in [0, 0.05) is 5.02 Å². The number of nitrogens with one attached hydrogen (secondary N) is 1. The molecule has 0 unspecified atom stereocenters. The highest BCUT2D eigenvalue weighted by Gasteiger charge is 2.30. The van der Waals surface area contributed by atoms with Crippen LogP contribution in [0, 0.1) is 0 Å². The van der Waals surface area contributed by atoms with Crippen molar-refractivity contribution in [2.24, 2.45) is 0 Å². The van der Waals surface area contributed by atoms with Crippen molar-refractivity contribution in [3.63, 3.8) is 0 Å². The van der Waals surface area contributed by atoms with Gasteiger partial charge in [-0.15, -0.1) is 0 Å². The molecule has 1 N–H and O–H groups in total. The Balaban J connectivity index is 1.68. The van der Waals surface area contributed by atoms with E-state index in [4.69, 9.17) is 11.6 Å². The van der Waals surface area contributed by atoms with E-state index in [9.17, 15) is 0 Å². The SMILES string of the molecule is CCc1ccc([C@H]2C[C@H](c3ccc(Cl)cc3)n3nnnc3N2)cc1. The molecule has 4 rings (SSSR count). The first-order valence-electron chi connectivity index (χ1n) is 8.13. The van der Waals surface area contributed by atoms with Gasteiger partial charge < -0.3 is 5.32 Å². The predicted octanol–water partition coefficient (Wildman–Crippen LogP) is 4.04. The van der Waals surface area contributed by atoms with Gasteiger partial charge in [0.05, 0.1) is 12.1 Å². The van der Waals surface area contributed by atoms with Gasteiger partial charge in [0.15, 0.2) is 0 Å². The van der Waals surface area contributed by atoms with Crippen LogP contribution in [0.4, 0.5) is 5.95 Å². The van der Waals surface area contributed by atoms with Crippen LogP contribution in [0.25, 0.3) is 0 Å². The third kappa shape index (κ3) is 2.76. The molecule has 1 aliphatic rings. The number of hydrogen-bond acceptors (Lipinski definition) is 4. The summed E-state index contributed by atoms with van der Waals surface area (Å²) < 4.78 is 1.85. The first kappa shape index (κ1) is 15.1. The summed E-state index contributed by atoms with van der Waals surface area (Å²) in [7, 11) is 0. The second-order valence-corrected chi connectivity index (χ2v) is 6.48. The third-order valence-corrected chi connectivity index (χ3v) is 4.85. The Morgan fingerprint density at radius 3 is 2.50 bits per heavy atom. The van der Waals surface area contributed by atoms with Crippen molar-refractivity contribution in [3.8, 4) is 0 Å². The Morgan fingerprint density at radius 2 is 1.79 bits per heavy atom. The molecule has 1 aliphatic heterocycles. The summed E-state index contributed by atoms with van der Waals surface area (Å²) in [5, 5.41) is 16.3. The minimum atomic E-state index is 0.0874. The molecule has 2 aromatic carbocycles. The Hall–Kier alpha value is -2.40. The van der Waals surface area contributed by atoms with E-state index in [2.05, 4.69) is 52.0 Å². The van der Waals surface area contributed by atoms with Crippen LogP contribution < -0.4 is 5.32 Å². The molecule has 3 aromatic rings. The number of halogens is 1. The molecule has 0 saturated heterocycles. The molecule has 5 nitrogen and oxygen atoms in total. The Morgan fingerprint density at radius 1 is 1.08 bits per heavy atom. The van der Waals surface area contributed by atoms with Gasteiger partial charge in [-0.25, -0.2) is 4.68 Å². The van der Waals surface area contributed by atoms with Gasteiger partial charge in [-0.1, -0.05) is 60.0 Å². The summed E-state index contributed by atoms with van der Waals surface area (Å²) in [6, 6.07) is 16.9. The fourth-order valence-corrected chi connectivity index (χ4v) is 3.33. The normalized spacial score (nSPS) is 19.6. The maximum Gasteiger partial charge on any atom is 0.243 e. The summed E-state index contributed by atoms with van der Waals surface area (Å²) in [6.07, 6.45) is 1.93. The first-order valence-corrected chi connectivity index (χ1v) is 8.51. The van der Waals surface area contributed by atoms with Crippen molar-refractivity contribution < 1.29 is 0 Å². The lowest BCUT2D eigenvalue weighted by molar-refractivity contribution is 0.424. The van der Waals surface area contributed by atoms with Gasteiger partial charge in [0.25, 0.3) is 0 Å². The van der Waals surface area contributed by atoms with Crippen LogP contribution in [0.2, 0.25) is 5.02 Å². The lowest BCUT2D eigenvalue weighted by Crippen LogP contribution is -2.28. The van der Waals surface area contributed by atoms with E-state index in [0.29, 0.717) is 5.95 Å². The molecular weight excluding hydrogens is 322 g/mol. The van der Waals surface area contributed by atoms with Crippen molar-refractivity contribution in [3.05, 3.63) is 70.2 Å². The van der Waals surface area contributed by atoms with E-state index in [1.807, 2.05) is 28.9 Å². The molecule has 2 atom stereocenters. The van der Waals surface area contributed by atoms with Gasteiger partial charge in [-0.2, -0.15) is 0 Å². The molecule has 6 heteroatoms. The molecule has 122 valence electrons. The Bertz CT molecular complexity index is 825. The predicted molar refractivity (Wildman–Crippen MR) is 94.2 cm³/mol. The van der Waals surface area contributed by atoms with E-state index < -0.39 is 0 Å². The van der Waals surface area contributed by atoms with E-state index in [0.717, 1.165) is 23.4 Å². The van der Waals surface area contributed by atoms with Crippen LogP contribution in [0.5, 0.6) is 0 Å². The van der Waals surface area contributed by atoms with Crippen molar-refractivity contribution >= 4 is 17.5 Å². The number of rotatable bonds is 3. The second kappa shape index (κ2) is 6.24. The topological polar surface area (TPSA) is 55.6 Å². The second-order valence-electron chi connectivity index (χ2n) is 6.04. The van der Waals surface area contributed by atoms with Crippen LogP contribution in [0.1, 0.15) is 42.1 Å². The van der Waals surface area contributed by atoms with E-state index in [1.165, 1.54) is 11.1 Å². The van der Waals surface area contributed by atoms with Crippen molar-refractivity contribution in [1.82, 2.24) is 20.2 Å². The molecule has 0 spiro atoms. The fourth-order valence-electron chi connectivity index (χ4n) is 3.20. The molecule has 0 saturated carbocycles. The quantitative estimate of drug-likeness (QED) is 0.782. The molecular formula is C18H18ClN5. The lowest BCUT2D eigenvalue weighted by atomic mass is 9.93. The molecule has 24 heavy (non-hydrogen) atoms. The standard InChI is InChI=1S/C18H18ClN5/c1-2-12-3-5-13(6-4-12)16-11-17(14-7-9-15(19)10-8-14)24-18(20-16)21-22-23-24/h3-10,16-17H,2,11H2,1H3,(H,20,21,23)/t16-,17-/m1/s1. The molecule has 2 heterocycles. The molecule has 0 aliphatic carbocycles. The van der Waals surface area contributed by atoms with Gasteiger partial charge in [-0.3, -0.25) is 0 Å². The summed E-state index contributed by atoms with van der Waals surface area (Å²) in [5.74, 6) is 0.700. The van der Waals surface area contributed by atoms with E-state index >= 15 is 0 Å². The van der Waals surface area contributed by atoms with Crippen LogP contribution in [-0.4, -0.2) is 20.2 Å². The maximum atomic E-state index is 6.02. The van der Waals surface area contributed by atoms with Crippen LogP contribution in [-0.2, 0) is 6.42 Å².